The van der Waals surface area contributed by atoms with Crippen LogP contribution in [-0.4, -0.2) is 39.9 Å². The van der Waals surface area contributed by atoms with Gasteiger partial charge >= 0.3 is 0 Å². The smallest absolute Gasteiger partial charge is 0.247 e. The third-order valence-electron chi connectivity index (χ3n) is 5.12. The molecular weight excluding hydrogens is 465 g/mol. The number of hydrogen-bond acceptors (Lipinski definition) is 8. The largest absolute Gasteiger partial charge is 0.493 e. The van der Waals surface area contributed by atoms with Crippen molar-refractivity contribution < 1.29 is 18.7 Å². The number of halogens is 1. The maximum atomic E-state index is 14.8. The van der Waals surface area contributed by atoms with Crippen LogP contribution in [0.1, 0.15) is 0 Å². The van der Waals surface area contributed by atoms with E-state index >= 15 is 0 Å². The number of ether oxygens (including phenoxy) is 2. The molecule has 0 saturated heterocycles. The van der Waals surface area contributed by atoms with Gasteiger partial charge in [0.05, 0.1) is 31.8 Å². The van der Waals surface area contributed by atoms with Gasteiger partial charge < -0.3 is 25.4 Å². The molecule has 0 unspecified atom stereocenters. The van der Waals surface area contributed by atoms with Crippen LogP contribution in [0.4, 0.5) is 33.2 Å². The number of amides is 1. The minimum absolute atomic E-state index is 0.101. The molecule has 0 saturated carbocycles. The molecule has 1 amide bonds. The fourth-order valence-corrected chi connectivity index (χ4v) is 3.39. The van der Waals surface area contributed by atoms with E-state index in [-0.39, 0.29) is 11.6 Å². The molecule has 0 aliphatic heterocycles. The monoisotopic (exact) mass is 489 g/mol. The molecule has 11 heteroatoms. The lowest BCUT2D eigenvalue weighted by Crippen LogP contribution is -2.08. The Bertz CT molecular complexity index is 1420. The lowest BCUT2D eigenvalue weighted by atomic mass is 10.1. The van der Waals surface area contributed by atoms with Crippen LogP contribution in [0.5, 0.6) is 11.5 Å². The van der Waals surface area contributed by atoms with Crippen molar-refractivity contribution >= 4 is 34.7 Å². The fourth-order valence-electron chi connectivity index (χ4n) is 3.39. The first-order valence-electron chi connectivity index (χ1n) is 10.7. The van der Waals surface area contributed by atoms with Gasteiger partial charge in [-0.2, -0.15) is 10.1 Å². The van der Waals surface area contributed by atoms with Gasteiger partial charge in [0.1, 0.15) is 11.6 Å². The molecule has 0 radical (unpaired) electrons. The van der Waals surface area contributed by atoms with Gasteiger partial charge in [-0.25, -0.2) is 9.37 Å². The van der Waals surface area contributed by atoms with E-state index in [2.05, 4.69) is 37.6 Å². The van der Waals surface area contributed by atoms with Crippen molar-refractivity contribution in [2.45, 2.75) is 0 Å². The summed E-state index contributed by atoms with van der Waals surface area (Å²) in [5.41, 5.74) is 2.46. The molecule has 4 aromatic rings. The third-order valence-corrected chi connectivity index (χ3v) is 5.12. The molecule has 0 bridgehead atoms. The summed E-state index contributed by atoms with van der Waals surface area (Å²) in [6.07, 6.45) is 6.14. The molecule has 184 valence electrons. The van der Waals surface area contributed by atoms with Gasteiger partial charge in [0.15, 0.2) is 11.5 Å². The van der Waals surface area contributed by atoms with Crippen molar-refractivity contribution in [1.29, 1.82) is 0 Å². The lowest BCUT2D eigenvalue weighted by molar-refractivity contribution is -0.111. The molecule has 10 nitrogen and oxygen atoms in total. The maximum absolute atomic E-state index is 14.8. The Balaban J connectivity index is 1.77. The Morgan fingerprint density at radius 1 is 1.06 bits per heavy atom. The van der Waals surface area contributed by atoms with Crippen LogP contribution in [0.15, 0.2) is 67.6 Å². The van der Waals surface area contributed by atoms with E-state index < -0.39 is 11.7 Å². The summed E-state index contributed by atoms with van der Waals surface area (Å²) >= 11 is 0. The van der Waals surface area contributed by atoms with Gasteiger partial charge in [0.2, 0.25) is 11.9 Å². The number of nitrogens with zero attached hydrogens (tertiary/aromatic N) is 4. The molecule has 0 atom stereocenters. The van der Waals surface area contributed by atoms with Crippen LogP contribution in [0.3, 0.4) is 0 Å². The van der Waals surface area contributed by atoms with E-state index in [0.717, 1.165) is 6.08 Å². The molecular formula is C25H24FN7O3. The lowest BCUT2D eigenvalue weighted by Gasteiger charge is -2.15. The third kappa shape index (κ3) is 5.41. The summed E-state index contributed by atoms with van der Waals surface area (Å²) in [7, 11) is 4.88. The minimum Gasteiger partial charge on any atom is -0.493 e. The van der Waals surface area contributed by atoms with Crippen LogP contribution in [-0.2, 0) is 11.8 Å². The Morgan fingerprint density at radius 2 is 1.86 bits per heavy atom. The van der Waals surface area contributed by atoms with Crippen molar-refractivity contribution in [2.24, 2.45) is 7.05 Å². The quantitative estimate of drug-likeness (QED) is 0.291. The number of hydrogen-bond donors (Lipinski definition) is 3. The highest BCUT2D eigenvalue weighted by molar-refractivity contribution is 5.99. The van der Waals surface area contributed by atoms with Gasteiger partial charge in [0.25, 0.3) is 0 Å². The molecule has 0 spiro atoms. The summed E-state index contributed by atoms with van der Waals surface area (Å²) in [4.78, 5) is 20.7. The summed E-state index contributed by atoms with van der Waals surface area (Å²) in [5, 5.41) is 12.8. The number of aromatic nitrogens is 4. The van der Waals surface area contributed by atoms with Crippen molar-refractivity contribution in [1.82, 2.24) is 19.7 Å². The highest BCUT2D eigenvalue weighted by Crippen LogP contribution is 2.36. The summed E-state index contributed by atoms with van der Waals surface area (Å²) in [6, 6.07) is 9.50. The second-order valence-electron chi connectivity index (χ2n) is 7.57. The molecule has 3 N–H and O–H groups in total. The van der Waals surface area contributed by atoms with Crippen molar-refractivity contribution in [3.8, 4) is 22.6 Å². The van der Waals surface area contributed by atoms with Gasteiger partial charge in [0, 0.05) is 30.7 Å². The van der Waals surface area contributed by atoms with E-state index in [9.17, 15) is 9.18 Å². The van der Waals surface area contributed by atoms with E-state index in [1.54, 1.807) is 49.6 Å². The van der Waals surface area contributed by atoms with Crippen LogP contribution in [0.2, 0.25) is 0 Å². The first kappa shape index (κ1) is 24.2. The normalized spacial score (nSPS) is 10.4. The number of carbonyl (C=O) groups is 1. The molecule has 2 heterocycles. The van der Waals surface area contributed by atoms with E-state index in [4.69, 9.17) is 9.47 Å². The number of anilines is 5. The van der Waals surface area contributed by atoms with E-state index in [1.807, 2.05) is 6.07 Å². The van der Waals surface area contributed by atoms with Gasteiger partial charge in [-0.05, 0) is 42.0 Å². The predicted octanol–water partition coefficient (Wildman–Crippen LogP) is 4.65. The zero-order valence-electron chi connectivity index (χ0n) is 19.9. The van der Waals surface area contributed by atoms with E-state index in [1.165, 1.54) is 25.3 Å². The standard InChI is InChI=1S/C25H24FN7O3/c1-5-23(34)29-16-7-8-19(26)20(11-16)31-24-18(15-6-9-21(35-3)22(10-15)36-4)13-27-25(32-24)30-17-12-28-33(2)14-17/h5-14H,1H2,2-4H3,(H,29,34)(H2,27,30,31,32). The van der Waals surface area contributed by atoms with Crippen molar-refractivity contribution in [3.63, 3.8) is 0 Å². The van der Waals surface area contributed by atoms with Gasteiger partial charge in [-0.1, -0.05) is 12.6 Å². The average molecular weight is 490 g/mol. The number of nitrogens with one attached hydrogen (secondary N) is 3. The van der Waals surface area contributed by atoms with Gasteiger partial charge in [-0.15, -0.1) is 0 Å². The van der Waals surface area contributed by atoms with Crippen molar-refractivity contribution in [3.05, 3.63) is 73.5 Å². The first-order chi connectivity index (χ1) is 17.4. The molecule has 4 rings (SSSR count). The molecule has 2 aromatic carbocycles. The summed E-state index contributed by atoms with van der Waals surface area (Å²) < 4.78 is 27.2. The Kier molecular flexibility index (Phi) is 7.10. The van der Waals surface area contributed by atoms with Crippen LogP contribution in [0.25, 0.3) is 11.1 Å². The minimum atomic E-state index is -0.537. The zero-order chi connectivity index (χ0) is 25.7. The molecule has 0 aliphatic rings. The van der Waals surface area contributed by atoms with Crippen LogP contribution >= 0.6 is 0 Å². The zero-order valence-corrected chi connectivity index (χ0v) is 19.9. The number of rotatable bonds is 9. The SMILES string of the molecule is C=CC(=O)Nc1ccc(F)c(Nc2nc(Nc3cnn(C)c3)ncc2-c2ccc(OC)c(OC)c2)c1. The number of aryl methyl sites for hydroxylation is 1. The molecule has 2 aromatic heterocycles. The predicted molar refractivity (Wildman–Crippen MR) is 136 cm³/mol. The highest BCUT2D eigenvalue weighted by atomic mass is 19.1. The van der Waals surface area contributed by atoms with Crippen LogP contribution < -0.4 is 25.4 Å². The average Bonchev–Trinajstić information content (AvgIpc) is 3.30. The summed E-state index contributed by atoms with van der Waals surface area (Å²) in [5.74, 6) is 0.705. The molecule has 36 heavy (non-hydrogen) atoms. The maximum Gasteiger partial charge on any atom is 0.247 e. The second kappa shape index (κ2) is 10.6. The van der Waals surface area contributed by atoms with Crippen LogP contribution in [0, 0.1) is 5.82 Å². The Hall–Kier alpha value is -4.93. The Labute approximate surface area is 206 Å². The second-order valence-corrected chi connectivity index (χ2v) is 7.57. The molecule has 0 aliphatic carbocycles. The highest BCUT2D eigenvalue weighted by Gasteiger charge is 2.15. The topological polar surface area (TPSA) is 115 Å². The number of carbonyl (C=O) groups excluding carboxylic acids is 1. The number of methoxy groups -OCH3 is 2. The fraction of sp³-hybridized carbons (Fsp3) is 0.120. The molecule has 0 fully saturated rings. The van der Waals surface area contributed by atoms with Gasteiger partial charge in [-0.3, -0.25) is 9.48 Å². The number of benzene rings is 2. The van der Waals surface area contributed by atoms with E-state index in [0.29, 0.717) is 39.8 Å². The summed E-state index contributed by atoms with van der Waals surface area (Å²) in [6.45, 7) is 3.43. The van der Waals surface area contributed by atoms with Crippen molar-refractivity contribution in [2.75, 3.05) is 30.2 Å². The first-order valence-corrected chi connectivity index (χ1v) is 10.7. The Morgan fingerprint density at radius 3 is 2.56 bits per heavy atom.